The molecule has 0 amide bonds. The highest BCUT2D eigenvalue weighted by molar-refractivity contribution is 5.82. The highest BCUT2D eigenvalue weighted by Gasteiger charge is 2.47. The van der Waals surface area contributed by atoms with Crippen LogP contribution in [0, 0.1) is 5.92 Å². The van der Waals surface area contributed by atoms with Gasteiger partial charge in [0.15, 0.2) is 0 Å². The lowest BCUT2D eigenvalue weighted by Gasteiger charge is -2.22. The molecule has 0 atom stereocenters. The molecular formula is C14H18F2O6. The Morgan fingerprint density at radius 2 is 1.68 bits per heavy atom. The normalized spacial score (nSPS) is 15.7. The summed E-state index contributed by atoms with van der Waals surface area (Å²) in [4.78, 5) is 33.4. The first-order valence-electron chi connectivity index (χ1n) is 6.94. The molecule has 1 fully saturated rings. The van der Waals surface area contributed by atoms with Crippen molar-refractivity contribution in [2.24, 2.45) is 5.92 Å². The molecule has 124 valence electrons. The average molecular weight is 320 g/mol. The van der Waals surface area contributed by atoms with E-state index in [1.54, 1.807) is 0 Å². The Morgan fingerprint density at radius 3 is 2.27 bits per heavy atom. The van der Waals surface area contributed by atoms with Gasteiger partial charge in [0.2, 0.25) is 0 Å². The molecule has 1 saturated carbocycles. The van der Waals surface area contributed by atoms with Crippen LogP contribution in [-0.4, -0.2) is 37.2 Å². The fourth-order valence-electron chi connectivity index (χ4n) is 2.01. The van der Waals surface area contributed by atoms with Crippen LogP contribution in [0.25, 0.3) is 0 Å². The molecule has 0 bridgehead atoms. The molecule has 6 nitrogen and oxygen atoms in total. The molecule has 1 rings (SSSR count). The Morgan fingerprint density at radius 1 is 1.09 bits per heavy atom. The smallest absolute Gasteiger partial charge is 0.459 e. The minimum absolute atomic E-state index is 0.400. The molecule has 0 unspecified atom stereocenters. The summed E-state index contributed by atoms with van der Waals surface area (Å²) in [6.45, 7) is 2.16. The van der Waals surface area contributed by atoms with Crippen LogP contribution in [0.15, 0.2) is 12.7 Å². The molecule has 0 aromatic rings. The minimum Gasteiger partial charge on any atom is -0.459 e. The predicted molar refractivity (Wildman–Crippen MR) is 69.7 cm³/mol. The van der Waals surface area contributed by atoms with Crippen molar-refractivity contribution in [3.63, 3.8) is 0 Å². The Balaban J connectivity index is 2.36. The molecule has 0 aromatic heterocycles. The maximum Gasteiger partial charge on any atom is 0.504 e. The van der Waals surface area contributed by atoms with Crippen molar-refractivity contribution in [2.75, 3.05) is 13.2 Å². The zero-order chi connectivity index (χ0) is 16.6. The first-order chi connectivity index (χ1) is 10.4. The van der Waals surface area contributed by atoms with E-state index in [9.17, 15) is 23.2 Å². The Hall–Kier alpha value is -1.99. The van der Waals surface area contributed by atoms with E-state index in [2.05, 4.69) is 20.8 Å². The standard InChI is InChI=1S/C14H18F2O6/c1-2-11(17)20-8-9-21-13(19)14(15,16)22-12(18)10-6-4-3-5-7-10/h2,10H,1,3-9H2. The van der Waals surface area contributed by atoms with Crippen LogP contribution in [0.1, 0.15) is 32.1 Å². The van der Waals surface area contributed by atoms with Crippen molar-refractivity contribution in [1.82, 2.24) is 0 Å². The zero-order valence-electron chi connectivity index (χ0n) is 12.0. The number of esters is 3. The third-order valence-corrected chi connectivity index (χ3v) is 3.13. The number of carbonyl (C=O) groups is 3. The third-order valence-electron chi connectivity index (χ3n) is 3.13. The summed E-state index contributed by atoms with van der Waals surface area (Å²) in [5, 5.41) is 0. The van der Waals surface area contributed by atoms with E-state index in [0.29, 0.717) is 12.8 Å². The number of alkyl halides is 2. The topological polar surface area (TPSA) is 78.9 Å². The molecule has 0 N–H and O–H groups in total. The molecular weight excluding hydrogens is 302 g/mol. The van der Waals surface area contributed by atoms with Crippen LogP contribution >= 0.6 is 0 Å². The first-order valence-corrected chi connectivity index (χ1v) is 6.94. The van der Waals surface area contributed by atoms with Gasteiger partial charge in [0, 0.05) is 6.08 Å². The minimum atomic E-state index is -4.35. The second-order valence-electron chi connectivity index (χ2n) is 4.78. The fraction of sp³-hybridized carbons (Fsp3) is 0.643. The predicted octanol–water partition coefficient (Wildman–Crippen LogP) is 1.98. The highest BCUT2D eigenvalue weighted by Crippen LogP contribution is 2.28. The molecule has 1 aliphatic rings. The number of halogens is 2. The SMILES string of the molecule is C=CC(=O)OCCOC(=O)C(F)(F)OC(=O)C1CCCCC1. The summed E-state index contributed by atoms with van der Waals surface area (Å²) < 4.78 is 39.5. The van der Waals surface area contributed by atoms with E-state index < -0.39 is 43.1 Å². The third kappa shape index (κ3) is 5.79. The van der Waals surface area contributed by atoms with Crippen LogP contribution < -0.4 is 0 Å². The lowest BCUT2D eigenvalue weighted by atomic mass is 9.89. The van der Waals surface area contributed by atoms with Crippen molar-refractivity contribution >= 4 is 17.9 Å². The van der Waals surface area contributed by atoms with Crippen LogP contribution in [0.3, 0.4) is 0 Å². The van der Waals surface area contributed by atoms with Gasteiger partial charge >= 0.3 is 24.0 Å². The summed E-state index contributed by atoms with van der Waals surface area (Å²) in [5.74, 6) is -4.47. The molecule has 0 saturated heterocycles. The summed E-state index contributed by atoms with van der Waals surface area (Å²) in [7, 11) is 0. The van der Waals surface area contributed by atoms with Gasteiger partial charge in [0.05, 0.1) is 5.92 Å². The molecule has 0 radical (unpaired) electrons. The van der Waals surface area contributed by atoms with Crippen molar-refractivity contribution in [2.45, 2.75) is 38.2 Å². The summed E-state index contributed by atoms with van der Waals surface area (Å²) in [6.07, 6.45) is -0.0389. The monoisotopic (exact) mass is 320 g/mol. The van der Waals surface area contributed by atoms with Gasteiger partial charge in [-0.3, -0.25) is 4.79 Å². The Kier molecular flexibility index (Phi) is 6.94. The zero-order valence-corrected chi connectivity index (χ0v) is 12.0. The number of rotatable bonds is 7. The van der Waals surface area contributed by atoms with E-state index >= 15 is 0 Å². The highest BCUT2D eigenvalue weighted by atomic mass is 19.3. The van der Waals surface area contributed by atoms with Crippen molar-refractivity contribution in [3.05, 3.63) is 12.7 Å². The number of ether oxygens (including phenoxy) is 3. The van der Waals surface area contributed by atoms with Crippen LogP contribution in [0.4, 0.5) is 8.78 Å². The summed E-state index contributed by atoms with van der Waals surface area (Å²) in [5.41, 5.74) is 0. The van der Waals surface area contributed by atoms with Gasteiger partial charge in [0.1, 0.15) is 13.2 Å². The van der Waals surface area contributed by atoms with E-state index in [1.807, 2.05) is 0 Å². The second-order valence-corrected chi connectivity index (χ2v) is 4.78. The maximum absolute atomic E-state index is 13.4. The van der Waals surface area contributed by atoms with Crippen molar-refractivity contribution in [3.8, 4) is 0 Å². The van der Waals surface area contributed by atoms with Crippen LogP contribution in [0.2, 0.25) is 0 Å². The lowest BCUT2D eigenvalue weighted by Crippen LogP contribution is -2.38. The molecule has 0 heterocycles. The van der Waals surface area contributed by atoms with E-state index in [1.165, 1.54) is 0 Å². The molecule has 0 aromatic carbocycles. The van der Waals surface area contributed by atoms with Gasteiger partial charge in [-0.15, -0.1) is 0 Å². The largest absolute Gasteiger partial charge is 0.504 e. The molecule has 8 heteroatoms. The van der Waals surface area contributed by atoms with E-state index in [0.717, 1.165) is 25.3 Å². The van der Waals surface area contributed by atoms with Crippen LogP contribution in [0.5, 0.6) is 0 Å². The summed E-state index contributed by atoms with van der Waals surface area (Å²) >= 11 is 0. The number of hydrogen-bond donors (Lipinski definition) is 0. The van der Waals surface area contributed by atoms with Gasteiger partial charge < -0.3 is 14.2 Å². The van der Waals surface area contributed by atoms with Crippen LogP contribution in [-0.2, 0) is 28.6 Å². The Labute approximate surface area is 126 Å². The number of hydrogen-bond acceptors (Lipinski definition) is 6. The van der Waals surface area contributed by atoms with Gasteiger partial charge in [-0.2, -0.15) is 8.78 Å². The van der Waals surface area contributed by atoms with Crippen molar-refractivity contribution in [1.29, 1.82) is 0 Å². The van der Waals surface area contributed by atoms with E-state index in [-0.39, 0.29) is 0 Å². The van der Waals surface area contributed by atoms with Crippen molar-refractivity contribution < 1.29 is 37.4 Å². The quantitative estimate of drug-likeness (QED) is 0.309. The fourth-order valence-corrected chi connectivity index (χ4v) is 2.01. The molecule has 1 aliphatic carbocycles. The maximum atomic E-state index is 13.4. The number of carbonyl (C=O) groups excluding carboxylic acids is 3. The molecule has 22 heavy (non-hydrogen) atoms. The van der Waals surface area contributed by atoms with Gasteiger partial charge in [-0.25, -0.2) is 9.59 Å². The van der Waals surface area contributed by atoms with Gasteiger partial charge in [0.25, 0.3) is 0 Å². The van der Waals surface area contributed by atoms with E-state index in [4.69, 9.17) is 0 Å². The Bertz CT molecular complexity index is 429. The van der Waals surface area contributed by atoms with Gasteiger partial charge in [-0.05, 0) is 12.8 Å². The average Bonchev–Trinajstić information content (AvgIpc) is 2.51. The molecule has 0 spiro atoms. The lowest BCUT2D eigenvalue weighted by molar-refractivity contribution is -0.247. The van der Waals surface area contributed by atoms with Gasteiger partial charge in [-0.1, -0.05) is 25.8 Å². The second kappa shape index (κ2) is 8.45. The molecule has 0 aliphatic heterocycles. The first kappa shape index (κ1) is 18.1. The summed E-state index contributed by atoms with van der Waals surface area (Å²) in [6, 6.07) is 0.